The van der Waals surface area contributed by atoms with Gasteiger partial charge in [-0.25, -0.2) is 0 Å². The first-order chi connectivity index (χ1) is 8.20. The summed E-state index contributed by atoms with van der Waals surface area (Å²) in [5.41, 5.74) is 0.761. The molecule has 1 N–H and O–H groups in total. The van der Waals surface area contributed by atoms with Crippen LogP contribution in [-0.4, -0.2) is 31.0 Å². The van der Waals surface area contributed by atoms with Crippen molar-refractivity contribution in [2.75, 3.05) is 18.6 Å². The Labute approximate surface area is 105 Å². The maximum absolute atomic E-state index is 11.6. The predicted molar refractivity (Wildman–Crippen MR) is 66.1 cm³/mol. The number of halogens is 1. The average molecular weight is 256 g/mol. The fraction of sp³-hybridized carbons (Fsp3) is 0.333. The van der Waals surface area contributed by atoms with E-state index in [-0.39, 0.29) is 11.8 Å². The first-order valence-corrected chi connectivity index (χ1v) is 5.54. The number of hydrogen-bond donors (Lipinski definition) is 1. The van der Waals surface area contributed by atoms with Crippen molar-refractivity contribution in [1.82, 2.24) is 0 Å². The minimum atomic E-state index is -0.184. The van der Waals surface area contributed by atoms with Gasteiger partial charge in [0.1, 0.15) is 6.29 Å². The lowest BCUT2D eigenvalue weighted by molar-refractivity contribution is -0.119. The molecule has 1 aromatic rings. The number of carbonyl (C=O) groups excluding carboxylic acids is 2. The van der Waals surface area contributed by atoms with Crippen LogP contribution in [0.5, 0.6) is 0 Å². The number of aldehydes is 1. The third-order valence-corrected chi connectivity index (χ3v) is 2.70. The molecule has 1 aromatic carbocycles. The van der Waals surface area contributed by atoms with Crippen LogP contribution in [0.25, 0.3) is 0 Å². The molecule has 0 radical (unpaired) electrons. The Bertz CT molecular complexity index is 408. The van der Waals surface area contributed by atoms with Crippen LogP contribution in [0.3, 0.4) is 0 Å². The first-order valence-electron chi connectivity index (χ1n) is 5.16. The fourth-order valence-electron chi connectivity index (χ4n) is 1.72. The van der Waals surface area contributed by atoms with Crippen molar-refractivity contribution in [2.45, 2.75) is 6.42 Å². The van der Waals surface area contributed by atoms with Gasteiger partial charge in [0.2, 0.25) is 5.91 Å². The van der Waals surface area contributed by atoms with Gasteiger partial charge >= 0.3 is 0 Å². The van der Waals surface area contributed by atoms with Crippen LogP contribution in [0.15, 0.2) is 24.3 Å². The second-order valence-corrected chi connectivity index (χ2v) is 4.02. The summed E-state index contributed by atoms with van der Waals surface area (Å²) in [5, 5.41) is 7.59. The monoisotopic (exact) mass is 255 g/mol. The van der Waals surface area contributed by atoms with Crippen molar-refractivity contribution >= 4 is 29.5 Å². The lowest BCUT2D eigenvalue weighted by atomic mass is 10.1. The molecule has 1 amide bonds. The van der Waals surface area contributed by atoms with E-state index in [0.717, 1.165) is 19.1 Å². The van der Waals surface area contributed by atoms with Crippen LogP contribution in [0, 0.1) is 5.92 Å². The molecule has 1 aliphatic rings. The predicted octanol–water partition coefficient (Wildman–Crippen LogP) is 1.50. The molecule has 5 heteroatoms. The standard InChI is InChI=1S/C11H10ClNO2.CH4O/c12-9-2-1-3-10(5-9)13-6-8(7-14)4-11(13)15;1-2/h1-3,5,7-8H,4,6H2;2H,1H3. The third kappa shape index (κ3) is 3.28. The Morgan fingerprint density at radius 3 is 2.71 bits per heavy atom. The number of aliphatic hydroxyl groups is 1. The molecule has 0 saturated carbocycles. The van der Waals surface area contributed by atoms with Crippen LogP contribution in [0.1, 0.15) is 6.42 Å². The van der Waals surface area contributed by atoms with Crippen molar-refractivity contribution in [3.05, 3.63) is 29.3 Å². The molecular formula is C12H14ClNO3. The molecular weight excluding hydrogens is 242 g/mol. The molecule has 17 heavy (non-hydrogen) atoms. The Balaban J connectivity index is 0.000000686. The van der Waals surface area contributed by atoms with Gasteiger partial charge < -0.3 is 14.8 Å². The molecule has 2 rings (SSSR count). The Morgan fingerprint density at radius 2 is 2.18 bits per heavy atom. The molecule has 0 aromatic heterocycles. The molecule has 1 heterocycles. The SMILES string of the molecule is CO.O=CC1CC(=O)N(c2cccc(Cl)c2)C1. The van der Waals surface area contributed by atoms with Gasteiger partial charge in [0.05, 0.1) is 0 Å². The van der Waals surface area contributed by atoms with Crippen molar-refractivity contribution < 1.29 is 14.7 Å². The molecule has 1 saturated heterocycles. The largest absolute Gasteiger partial charge is 0.400 e. The maximum atomic E-state index is 11.6. The summed E-state index contributed by atoms with van der Waals surface area (Å²) >= 11 is 5.83. The normalized spacial score (nSPS) is 18.6. The average Bonchev–Trinajstić information content (AvgIpc) is 2.73. The quantitative estimate of drug-likeness (QED) is 0.815. The van der Waals surface area contributed by atoms with Crippen LogP contribution in [0.2, 0.25) is 5.02 Å². The zero-order valence-corrected chi connectivity index (χ0v) is 10.2. The number of rotatable bonds is 2. The smallest absolute Gasteiger partial charge is 0.227 e. The minimum absolute atomic E-state index is 0.0191. The molecule has 92 valence electrons. The molecule has 1 unspecified atom stereocenters. The summed E-state index contributed by atoms with van der Waals surface area (Å²) in [6.07, 6.45) is 1.14. The number of nitrogens with zero attached hydrogens (tertiary/aromatic N) is 1. The summed E-state index contributed by atoms with van der Waals surface area (Å²) in [7, 11) is 1.00. The topological polar surface area (TPSA) is 57.6 Å². The van der Waals surface area contributed by atoms with E-state index in [1.165, 1.54) is 0 Å². The second-order valence-electron chi connectivity index (χ2n) is 3.58. The van der Waals surface area contributed by atoms with Crippen LogP contribution in [0.4, 0.5) is 5.69 Å². The Hall–Kier alpha value is -1.39. The number of aliphatic hydroxyl groups excluding tert-OH is 1. The van der Waals surface area contributed by atoms with Gasteiger partial charge in [0.25, 0.3) is 0 Å². The Kier molecular flexibility index (Phi) is 5.12. The number of hydrogen-bond acceptors (Lipinski definition) is 3. The van der Waals surface area contributed by atoms with Gasteiger partial charge in [-0.2, -0.15) is 0 Å². The fourth-order valence-corrected chi connectivity index (χ4v) is 1.90. The van der Waals surface area contributed by atoms with Gasteiger partial charge in [0, 0.05) is 36.7 Å². The summed E-state index contributed by atoms with van der Waals surface area (Å²) in [4.78, 5) is 23.8. The van der Waals surface area contributed by atoms with Gasteiger partial charge in [-0.3, -0.25) is 4.79 Å². The number of amides is 1. The van der Waals surface area contributed by atoms with Gasteiger partial charge in [-0.05, 0) is 18.2 Å². The van der Waals surface area contributed by atoms with Crippen molar-refractivity contribution in [1.29, 1.82) is 0 Å². The minimum Gasteiger partial charge on any atom is -0.400 e. The van der Waals surface area contributed by atoms with Crippen molar-refractivity contribution in [3.8, 4) is 0 Å². The number of benzene rings is 1. The molecule has 0 spiro atoms. The molecule has 4 nitrogen and oxygen atoms in total. The van der Waals surface area contributed by atoms with E-state index in [4.69, 9.17) is 16.7 Å². The highest BCUT2D eigenvalue weighted by Crippen LogP contribution is 2.26. The van der Waals surface area contributed by atoms with Crippen LogP contribution < -0.4 is 4.90 Å². The highest BCUT2D eigenvalue weighted by atomic mass is 35.5. The van der Waals surface area contributed by atoms with Gasteiger partial charge in [-0.15, -0.1) is 0 Å². The van der Waals surface area contributed by atoms with Crippen molar-refractivity contribution in [3.63, 3.8) is 0 Å². The number of carbonyl (C=O) groups is 2. The zero-order chi connectivity index (χ0) is 12.8. The van der Waals surface area contributed by atoms with Crippen LogP contribution in [-0.2, 0) is 9.59 Å². The maximum Gasteiger partial charge on any atom is 0.227 e. The second kappa shape index (κ2) is 6.37. The summed E-state index contributed by atoms with van der Waals surface area (Å²) in [6.45, 7) is 0.461. The van der Waals surface area contributed by atoms with E-state index in [1.54, 1.807) is 23.1 Å². The summed E-state index contributed by atoms with van der Waals surface area (Å²) in [6, 6.07) is 7.09. The molecule has 1 aliphatic heterocycles. The molecule has 1 atom stereocenters. The lowest BCUT2D eigenvalue weighted by Crippen LogP contribution is -2.24. The summed E-state index contributed by atoms with van der Waals surface area (Å²) in [5.74, 6) is -0.203. The highest BCUT2D eigenvalue weighted by molar-refractivity contribution is 6.30. The molecule has 1 fully saturated rings. The highest BCUT2D eigenvalue weighted by Gasteiger charge is 2.30. The Morgan fingerprint density at radius 1 is 1.47 bits per heavy atom. The third-order valence-electron chi connectivity index (χ3n) is 2.47. The van der Waals surface area contributed by atoms with E-state index < -0.39 is 0 Å². The van der Waals surface area contributed by atoms with Gasteiger partial charge in [-0.1, -0.05) is 17.7 Å². The lowest BCUT2D eigenvalue weighted by Gasteiger charge is -2.15. The van der Waals surface area contributed by atoms with Crippen LogP contribution >= 0.6 is 11.6 Å². The number of anilines is 1. The summed E-state index contributed by atoms with van der Waals surface area (Å²) < 4.78 is 0. The molecule has 0 bridgehead atoms. The van der Waals surface area contributed by atoms with Gasteiger partial charge in [0.15, 0.2) is 0 Å². The van der Waals surface area contributed by atoms with E-state index in [2.05, 4.69) is 0 Å². The van der Waals surface area contributed by atoms with Crippen molar-refractivity contribution in [2.24, 2.45) is 5.92 Å². The van der Waals surface area contributed by atoms with E-state index in [0.29, 0.717) is 18.0 Å². The molecule has 0 aliphatic carbocycles. The van der Waals surface area contributed by atoms with E-state index >= 15 is 0 Å². The van der Waals surface area contributed by atoms with E-state index in [1.807, 2.05) is 6.07 Å². The first kappa shape index (κ1) is 13.7. The van der Waals surface area contributed by atoms with E-state index in [9.17, 15) is 9.59 Å². The zero-order valence-electron chi connectivity index (χ0n) is 9.47.